The van der Waals surface area contributed by atoms with Crippen molar-refractivity contribution in [2.45, 2.75) is 6.92 Å². The molecule has 25 heavy (non-hydrogen) atoms. The second kappa shape index (κ2) is 7.39. The number of nitrogens with zero attached hydrogens (tertiary/aromatic N) is 3. The van der Waals surface area contributed by atoms with E-state index in [1.165, 1.54) is 0 Å². The Hall–Kier alpha value is -2.81. The molecular formula is C18H13Cl2N5. The van der Waals surface area contributed by atoms with Crippen LogP contribution in [0, 0.1) is 18.3 Å². The summed E-state index contributed by atoms with van der Waals surface area (Å²) in [5.74, 6) is 0.992. The van der Waals surface area contributed by atoms with Gasteiger partial charge < -0.3 is 10.6 Å². The molecule has 0 spiro atoms. The van der Waals surface area contributed by atoms with Gasteiger partial charge in [0, 0.05) is 22.5 Å². The Bertz CT molecular complexity index is 966. The van der Waals surface area contributed by atoms with Gasteiger partial charge in [0.15, 0.2) is 0 Å². The Morgan fingerprint density at radius 3 is 2.64 bits per heavy atom. The van der Waals surface area contributed by atoms with Gasteiger partial charge in [0.1, 0.15) is 5.82 Å². The van der Waals surface area contributed by atoms with E-state index in [1.54, 1.807) is 42.5 Å². The Morgan fingerprint density at radius 2 is 1.84 bits per heavy atom. The van der Waals surface area contributed by atoms with Crippen LogP contribution in [-0.4, -0.2) is 9.97 Å². The molecule has 5 nitrogen and oxygen atoms in total. The molecule has 0 saturated heterocycles. The van der Waals surface area contributed by atoms with Gasteiger partial charge in [0.2, 0.25) is 5.95 Å². The molecule has 0 fully saturated rings. The Morgan fingerprint density at radius 1 is 1.00 bits per heavy atom. The summed E-state index contributed by atoms with van der Waals surface area (Å²) >= 11 is 12.2. The Labute approximate surface area is 155 Å². The van der Waals surface area contributed by atoms with Crippen LogP contribution in [0.4, 0.5) is 23.1 Å². The first-order chi connectivity index (χ1) is 12.0. The molecule has 0 aliphatic carbocycles. The molecule has 1 aromatic heterocycles. The highest BCUT2D eigenvalue weighted by molar-refractivity contribution is 6.35. The number of aryl methyl sites for hydroxylation is 1. The fourth-order valence-electron chi connectivity index (χ4n) is 2.22. The first-order valence-electron chi connectivity index (χ1n) is 7.38. The molecule has 7 heteroatoms. The molecule has 0 radical (unpaired) electrons. The maximum atomic E-state index is 8.99. The minimum atomic E-state index is 0.413. The van der Waals surface area contributed by atoms with Crippen LogP contribution in [0.25, 0.3) is 0 Å². The molecule has 0 bridgehead atoms. The number of hydrogen-bond donors (Lipinski definition) is 2. The molecule has 0 aliphatic rings. The van der Waals surface area contributed by atoms with Crippen LogP contribution in [0.3, 0.4) is 0 Å². The number of anilines is 4. The van der Waals surface area contributed by atoms with E-state index < -0.39 is 0 Å². The predicted octanol–water partition coefficient (Wildman–Crippen LogP) is 5.45. The van der Waals surface area contributed by atoms with E-state index in [2.05, 4.69) is 26.7 Å². The van der Waals surface area contributed by atoms with E-state index in [0.29, 0.717) is 33.1 Å². The van der Waals surface area contributed by atoms with Gasteiger partial charge in [-0.15, -0.1) is 0 Å². The number of rotatable bonds is 4. The minimum absolute atomic E-state index is 0.413. The summed E-state index contributed by atoms with van der Waals surface area (Å²) < 4.78 is 0. The highest BCUT2D eigenvalue weighted by atomic mass is 35.5. The molecular weight excluding hydrogens is 357 g/mol. The van der Waals surface area contributed by atoms with Crippen molar-refractivity contribution in [2.24, 2.45) is 0 Å². The quantitative estimate of drug-likeness (QED) is 0.639. The molecule has 0 unspecified atom stereocenters. The number of aromatic nitrogens is 2. The molecule has 2 N–H and O–H groups in total. The second-order valence-corrected chi connectivity index (χ2v) is 6.13. The fourth-order valence-corrected chi connectivity index (χ4v) is 2.55. The summed E-state index contributed by atoms with van der Waals surface area (Å²) in [4.78, 5) is 8.79. The van der Waals surface area contributed by atoms with Crippen molar-refractivity contribution in [2.75, 3.05) is 10.6 Å². The molecule has 1 heterocycles. The predicted molar refractivity (Wildman–Crippen MR) is 101 cm³/mol. The van der Waals surface area contributed by atoms with E-state index in [-0.39, 0.29) is 0 Å². The monoisotopic (exact) mass is 369 g/mol. The van der Waals surface area contributed by atoms with Crippen LogP contribution in [0.15, 0.2) is 48.5 Å². The minimum Gasteiger partial charge on any atom is -0.339 e. The summed E-state index contributed by atoms with van der Waals surface area (Å²) in [5, 5.41) is 16.3. The van der Waals surface area contributed by atoms with Crippen LogP contribution >= 0.6 is 23.2 Å². The van der Waals surface area contributed by atoms with Gasteiger partial charge in [-0.1, -0.05) is 29.3 Å². The average Bonchev–Trinajstić information content (AvgIpc) is 2.58. The van der Waals surface area contributed by atoms with Gasteiger partial charge in [-0.3, -0.25) is 0 Å². The van der Waals surface area contributed by atoms with E-state index in [9.17, 15) is 0 Å². The SMILES string of the molecule is Cc1cc(Nc2cc(Cl)ccc2Cl)nc(Nc2cccc(C#N)c2)n1. The van der Waals surface area contributed by atoms with E-state index in [1.807, 2.05) is 13.0 Å². The molecule has 0 aliphatic heterocycles. The van der Waals surface area contributed by atoms with Crippen molar-refractivity contribution in [3.8, 4) is 6.07 Å². The molecule has 0 atom stereocenters. The van der Waals surface area contributed by atoms with Crippen LogP contribution in [0.1, 0.15) is 11.3 Å². The van der Waals surface area contributed by atoms with Crippen molar-refractivity contribution >= 4 is 46.3 Å². The average molecular weight is 370 g/mol. The lowest BCUT2D eigenvalue weighted by Gasteiger charge is -2.11. The molecule has 2 aromatic carbocycles. The first kappa shape index (κ1) is 17.0. The third-order valence-corrected chi connectivity index (χ3v) is 3.86. The summed E-state index contributed by atoms with van der Waals surface area (Å²) in [7, 11) is 0. The molecule has 124 valence electrons. The van der Waals surface area contributed by atoms with Gasteiger partial charge in [-0.2, -0.15) is 10.2 Å². The van der Waals surface area contributed by atoms with Gasteiger partial charge in [0.25, 0.3) is 0 Å². The largest absolute Gasteiger partial charge is 0.339 e. The van der Waals surface area contributed by atoms with Gasteiger partial charge >= 0.3 is 0 Å². The molecule has 0 amide bonds. The lowest BCUT2D eigenvalue weighted by Crippen LogP contribution is -2.02. The lowest BCUT2D eigenvalue weighted by atomic mass is 10.2. The van der Waals surface area contributed by atoms with Crippen molar-refractivity contribution < 1.29 is 0 Å². The zero-order valence-electron chi connectivity index (χ0n) is 13.2. The number of benzene rings is 2. The second-order valence-electron chi connectivity index (χ2n) is 5.28. The van der Waals surface area contributed by atoms with E-state index >= 15 is 0 Å². The summed E-state index contributed by atoms with van der Waals surface area (Å²) in [5.41, 5.74) is 2.72. The molecule has 3 aromatic rings. The Balaban J connectivity index is 1.87. The van der Waals surface area contributed by atoms with Crippen LogP contribution < -0.4 is 10.6 Å². The number of nitrogens with one attached hydrogen (secondary N) is 2. The van der Waals surface area contributed by atoms with Crippen LogP contribution in [0.2, 0.25) is 10.0 Å². The third kappa shape index (κ3) is 4.38. The van der Waals surface area contributed by atoms with E-state index in [0.717, 1.165) is 11.4 Å². The molecule has 0 saturated carbocycles. The number of halogens is 2. The van der Waals surface area contributed by atoms with Gasteiger partial charge in [-0.25, -0.2) is 4.98 Å². The highest BCUT2D eigenvalue weighted by Crippen LogP contribution is 2.28. The first-order valence-corrected chi connectivity index (χ1v) is 8.14. The number of nitriles is 1. The summed E-state index contributed by atoms with van der Waals surface area (Å²) in [6, 6.07) is 16.2. The topological polar surface area (TPSA) is 73.6 Å². The van der Waals surface area contributed by atoms with Crippen molar-refractivity contribution in [1.29, 1.82) is 5.26 Å². The van der Waals surface area contributed by atoms with Crippen LogP contribution in [-0.2, 0) is 0 Å². The maximum absolute atomic E-state index is 8.99. The van der Waals surface area contributed by atoms with Gasteiger partial charge in [0.05, 0.1) is 22.3 Å². The lowest BCUT2D eigenvalue weighted by molar-refractivity contribution is 1.11. The van der Waals surface area contributed by atoms with Crippen molar-refractivity contribution in [1.82, 2.24) is 9.97 Å². The smallest absolute Gasteiger partial charge is 0.229 e. The zero-order valence-corrected chi connectivity index (χ0v) is 14.7. The summed E-state index contributed by atoms with van der Waals surface area (Å²) in [6.07, 6.45) is 0. The number of hydrogen-bond acceptors (Lipinski definition) is 5. The van der Waals surface area contributed by atoms with Crippen molar-refractivity contribution in [3.63, 3.8) is 0 Å². The fraction of sp³-hybridized carbons (Fsp3) is 0.0556. The van der Waals surface area contributed by atoms with Crippen molar-refractivity contribution in [3.05, 3.63) is 69.8 Å². The standard InChI is InChI=1S/C18H13Cl2N5/c1-11-7-17(24-16-9-13(19)5-6-15(16)20)25-18(22-11)23-14-4-2-3-12(8-14)10-21/h2-9H,1H3,(H2,22,23,24,25). The normalized spacial score (nSPS) is 10.2. The summed E-state index contributed by atoms with van der Waals surface area (Å²) in [6.45, 7) is 1.86. The van der Waals surface area contributed by atoms with Crippen LogP contribution in [0.5, 0.6) is 0 Å². The third-order valence-electron chi connectivity index (χ3n) is 3.29. The maximum Gasteiger partial charge on any atom is 0.229 e. The Kier molecular flexibility index (Phi) is 5.03. The van der Waals surface area contributed by atoms with E-state index in [4.69, 9.17) is 28.5 Å². The highest BCUT2D eigenvalue weighted by Gasteiger charge is 2.07. The van der Waals surface area contributed by atoms with Gasteiger partial charge in [-0.05, 0) is 43.3 Å². The zero-order chi connectivity index (χ0) is 17.8. The molecule has 3 rings (SSSR count).